The maximum atomic E-state index is 10.3. The van der Waals surface area contributed by atoms with E-state index in [1.807, 2.05) is 45.3 Å². The van der Waals surface area contributed by atoms with Crippen molar-refractivity contribution in [3.05, 3.63) is 179 Å². The molecule has 3 spiro atoms. The van der Waals surface area contributed by atoms with E-state index in [2.05, 4.69) is 144 Å². The van der Waals surface area contributed by atoms with Crippen LogP contribution in [0.15, 0.2) is 126 Å². The summed E-state index contributed by atoms with van der Waals surface area (Å²) >= 11 is 23.3. The number of nitrogens with zero attached hydrogens (tertiary/aromatic N) is 16. The summed E-state index contributed by atoms with van der Waals surface area (Å²) in [6.45, 7) is 5.46. The third kappa shape index (κ3) is 16.8. The van der Waals surface area contributed by atoms with Crippen molar-refractivity contribution in [1.82, 2.24) is 74.0 Å². The van der Waals surface area contributed by atoms with Crippen LogP contribution in [0.5, 0.6) is 17.2 Å². The summed E-state index contributed by atoms with van der Waals surface area (Å²) in [6, 6.07) is 23.2. The molecule has 3 saturated heterocycles. The Balaban J connectivity index is 0.000000190. The molecule has 25 nitrogen and oxygen atoms in total. The van der Waals surface area contributed by atoms with Crippen LogP contribution in [-0.4, -0.2) is 139 Å². The fourth-order valence-corrected chi connectivity index (χ4v) is 16.6. The number of aromatic nitrogens is 14. The van der Waals surface area contributed by atoms with Gasteiger partial charge >= 0.3 is 29.6 Å². The molecule has 3 aromatic carbocycles. The summed E-state index contributed by atoms with van der Waals surface area (Å²) in [7, 11) is 8.00. The fourth-order valence-electron chi connectivity index (χ4n) is 14.2. The van der Waals surface area contributed by atoms with Gasteiger partial charge in [0, 0.05) is 95.3 Å². The van der Waals surface area contributed by atoms with E-state index in [1.54, 1.807) is 66.1 Å². The van der Waals surface area contributed by atoms with Crippen LogP contribution in [0.2, 0.25) is 15.3 Å². The molecule has 3 fully saturated rings. The van der Waals surface area contributed by atoms with Crippen molar-refractivity contribution < 1.29 is 44.9 Å². The maximum absolute atomic E-state index is 10.3. The van der Waals surface area contributed by atoms with Gasteiger partial charge < -0.3 is 77.6 Å². The van der Waals surface area contributed by atoms with E-state index in [9.17, 15) is 15.3 Å². The van der Waals surface area contributed by atoms with E-state index in [4.69, 9.17) is 68.5 Å². The van der Waals surface area contributed by atoms with E-state index in [0.29, 0.717) is 44.0 Å². The maximum Gasteiger partial charge on any atom is 1.00 e. The number of thiol groups is 1. The number of phenols is 3. The van der Waals surface area contributed by atoms with E-state index in [1.165, 1.54) is 18.1 Å². The van der Waals surface area contributed by atoms with Crippen LogP contribution in [-0.2, 0) is 32.8 Å². The molecular weight excluding hydrogens is 1650 g/mol. The van der Waals surface area contributed by atoms with Crippen molar-refractivity contribution in [2.24, 2.45) is 33.4 Å². The molecule has 6 aliphatic rings. The molecule has 3 atom stereocenters. The molecule has 530 valence electrons. The Labute approximate surface area is 676 Å². The van der Waals surface area contributed by atoms with Gasteiger partial charge in [-0.05, 0) is 207 Å². The van der Waals surface area contributed by atoms with E-state index in [-0.39, 0.29) is 111 Å². The Kier molecular flexibility index (Phi) is 29.7. The predicted molar refractivity (Wildman–Crippen MR) is 423 cm³/mol. The number of piperidine rings is 3. The number of nitrogens with two attached hydrogens (primary N) is 5. The summed E-state index contributed by atoms with van der Waals surface area (Å²) in [5, 5.41) is 59.3. The molecular formula is C66H76B2Cl4I2N22NaO3S2-. The molecule has 4 radical (unpaired) electrons. The summed E-state index contributed by atoms with van der Waals surface area (Å²) in [5.41, 5.74) is 39.7. The number of hydrogen-bond acceptors (Lipinski definition) is 24. The quantitative estimate of drug-likeness (QED) is 0.0210. The van der Waals surface area contributed by atoms with E-state index in [0.717, 1.165) is 171 Å². The molecule has 102 heavy (non-hydrogen) atoms. The summed E-state index contributed by atoms with van der Waals surface area (Å²) in [5.74, 6) is 3.44. The van der Waals surface area contributed by atoms with Crippen molar-refractivity contribution in [2.45, 2.75) is 101 Å². The van der Waals surface area contributed by atoms with Crippen molar-refractivity contribution >= 4 is 174 Å². The van der Waals surface area contributed by atoms with Crippen LogP contribution < -0.4 is 73.3 Å². The van der Waals surface area contributed by atoms with E-state index >= 15 is 0 Å². The Bertz CT molecular complexity index is 4600. The standard InChI is InChI=1S/C23H23ClN8OS.C18H19IN6O.C13H18N2O.C5H2ClIN4.C5H4ClN2.2CH4.B2.ClH.Na.H2S/c24-18-16(4-7-27-20(18)26)34-17-11-28-22(32-12-29-30-21(17)32)31-8-5-23(6-9-31)10-14-13(19(23)25)2-1-3-15(14)33;19-13-9-21-17(25-10-22-23-16(13)25)24-6-4-18(5-7-24)8-12-11(15(18)20)2-1-3-14(12)26;14-12-9-2-1-3-11(16)10(9)8-13(12)4-6-15-7-5-13;6-5-8-1-3(7)4-10-9-2-11(4)5;6-4-2-1-3-8-5(4)7;;;1-2;;;/h1-4,7,11-12,19,33H,5-6,8-10,25H2,(H2,26,27);1-3,9-10,15,26H,4-8,20H2;1-3,12,15-16H,4-8,14H2;1-2H;1,3H,(H2,7,8);2*1H4;;1H;;1H2/q;;;;-1;;;;;+1;/p-1/t19-;15-;12-;;;;;;;;/m111......../s1. The van der Waals surface area contributed by atoms with Crippen LogP contribution in [0.3, 0.4) is 0 Å². The third-order valence-corrected chi connectivity index (χ3v) is 23.1. The molecule has 11 aromatic rings. The molecule has 11 heterocycles. The minimum Gasteiger partial charge on any atom is -0.813 e. The fraction of sp³-hybridized carbons (Fsp3) is 0.348. The van der Waals surface area contributed by atoms with Gasteiger partial charge in [0.05, 0.1) is 17.1 Å². The number of rotatable bonds is 4. The minimum absolute atomic E-state index is 0. The first-order valence-corrected chi connectivity index (χ1v) is 35.1. The van der Waals surface area contributed by atoms with Gasteiger partial charge in [0.15, 0.2) is 16.9 Å². The second kappa shape index (κ2) is 36.2. The van der Waals surface area contributed by atoms with Gasteiger partial charge in [0.25, 0.3) is 0 Å². The second-order valence-corrected chi connectivity index (χ2v) is 29.0. The van der Waals surface area contributed by atoms with Crippen LogP contribution in [0.4, 0.5) is 23.5 Å². The Morgan fingerprint density at radius 2 is 0.961 bits per heavy atom. The number of halogens is 6. The Morgan fingerprint density at radius 3 is 1.40 bits per heavy atom. The molecule has 3 aliphatic carbocycles. The van der Waals surface area contributed by atoms with Crippen LogP contribution >= 0.6 is 104 Å². The smallest absolute Gasteiger partial charge is 0.813 e. The normalized spacial score (nSPS) is 18.0. The average molecular weight is 1730 g/mol. The summed E-state index contributed by atoms with van der Waals surface area (Å²) in [6.07, 6.45) is 22.0. The number of hydrogen-bond donors (Lipinski definition) is 9. The number of benzene rings is 3. The number of nitrogens with one attached hydrogen (secondary N) is 1. The first-order chi connectivity index (χ1) is 46.9. The Morgan fingerprint density at radius 1 is 0.549 bits per heavy atom. The number of pyridine rings is 2. The molecule has 36 heteroatoms. The zero-order valence-corrected chi connectivity index (χ0v) is 65.1. The molecule has 17 rings (SSSR count). The molecule has 3 aliphatic heterocycles. The van der Waals surface area contributed by atoms with Crippen molar-refractivity contribution in [1.29, 1.82) is 0 Å². The van der Waals surface area contributed by atoms with Gasteiger partial charge in [0.2, 0.25) is 17.2 Å². The van der Waals surface area contributed by atoms with Crippen LogP contribution in [0.25, 0.3) is 16.9 Å². The number of anilines is 4. The molecule has 14 N–H and O–H groups in total. The monoisotopic (exact) mass is 1730 g/mol. The van der Waals surface area contributed by atoms with E-state index < -0.39 is 0 Å². The molecule has 0 amide bonds. The van der Waals surface area contributed by atoms with Gasteiger partial charge in [-0.25, -0.2) is 24.3 Å². The predicted octanol–water partition coefficient (Wildman–Crippen LogP) is 7.22. The molecule has 8 aromatic heterocycles. The van der Waals surface area contributed by atoms with Crippen LogP contribution in [0.1, 0.15) is 105 Å². The van der Waals surface area contributed by atoms with Gasteiger partial charge in [-0.3, -0.25) is 8.80 Å². The van der Waals surface area contributed by atoms with Crippen molar-refractivity contribution in [2.75, 3.05) is 60.5 Å². The topological polar surface area (TPSA) is 364 Å². The average Bonchev–Trinajstić information content (AvgIpc) is 1.57. The molecule has 0 bridgehead atoms. The molecule has 0 saturated carbocycles. The number of fused-ring (bicyclic) bond motifs is 6. The first kappa shape index (κ1) is 83.8. The SMILES string of the molecule is C.C.Cl.Clc1ncc(I)c2nncn12.N[C@@H]1c2cccc(O)c2CC12CCN(c1ncc(I)c3nncn13)CC2.N[C@@H]1c2cccc(O)c2CC12CCNCC2.Nc1ncc[c-]c1Cl.Nc1nccc(Sc2cnc(N3CCC4(CC3)Cc3c(O)cccc3[C@H]4N)n3cnnc23)c1Cl.[B][B].[Na+].[SH-]. The third-order valence-electron chi connectivity index (χ3n) is 19.4. The van der Waals surface area contributed by atoms with Gasteiger partial charge in [-0.1, -0.05) is 80.8 Å². The van der Waals surface area contributed by atoms with Crippen LogP contribution in [0, 0.1) is 29.5 Å². The number of nitrogen functional groups attached to an aromatic ring is 2. The summed E-state index contributed by atoms with van der Waals surface area (Å²) < 4.78 is 7.41. The van der Waals surface area contributed by atoms with Crippen molar-refractivity contribution in [3.63, 3.8) is 0 Å². The minimum atomic E-state index is -0.0732. The Hall–Kier alpha value is -5.50. The number of aromatic hydroxyl groups is 3. The summed E-state index contributed by atoms with van der Waals surface area (Å²) in [4.78, 5) is 27.2. The van der Waals surface area contributed by atoms with Gasteiger partial charge in [0.1, 0.15) is 42.0 Å². The number of phenolic OH excluding ortho intramolecular Hbond substituents is 3. The first-order valence-electron chi connectivity index (χ1n) is 31.0. The van der Waals surface area contributed by atoms with Gasteiger partial charge in [-0.15, -0.1) is 54.6 Å². The largest absolute Gasteiger partial charge is 1.00 e. The molecule has 0 unspecified atom stereocenters. The zero-order valence-electron chi connectivity index (χ0n) is 54.0. The zero-order chi connectivity index (χ0) is 68.3. The van der Waals surface area contributed by atoms with Gasteiger partial charge in [-0.2, -0.15) is 12.1 Å². The van der Waals surface area contributed by atoms with Crippen molar-refractivity contribution in [3.8, 4) is 17.2 Å². The second-order valence-electron chi connectivity index (χ2n) is 24.5.